The molecule has 3 heteroatoms. The zero-order valence-electron chi connectivity index (χ0n) is 11.3. The van der Waals surface area contributed by atoms with Gasteiger partial charge < -0.3 is 10.2 Å². The van der Waals surface area contributed by atoms with E-state index in [-0.39, 0.29) is 12.5 Å². The van der Waals surface area contributed by atoms with Gasteiger partial charge in [-0.15, -0.1) is 0 Å². The van der Waals surface area contributed by atoms with E-state index >= 15 is 0 Å². The molecule has 0 aliphatic rings. The Morgan fingerprint density at radius 2 is 1.94 bits per heavy atom. The molecule has 0 aliphatic carbocycles. The highest BCUT2D eigenvalue weighted by molar-refractivity contribution is 5.69. The predicted octanol–water partition coefficient (Wildman–Crippen LogP) is 3.23. The molecule has 0 saturated carbocycles. The maximum Gasteiger partial charge on any atom is 0.306 e. The fourth-order valence-corrected chi connectivity index (χ4v) is 1.62. The molecule has 0 aromatic heterocycles. The highest BCUT2D eigenvalue weighted by atomic mass is 16.4. The molecular formula is C14H26O3. The number of carbonyl (C=O) groups is 1. The summed E-state index contributed by atoms with van der Waals surface area (Å²) in [5.74, 6) is -0.577. The van der Waals surface area contributed by atoms with Gasteiger partial charge in [0, 0.05) is 6.61 Å². The third kappa shape index (κ3) is 8.93. The number of carboxylic acids is 1. The van der Waals surface area contributed by atoms with Gasteiger partial charge >= 0.3 is 5.97 Å². The van der Waals surface area contributed by atoms with Crippen molar-refractivity contribution in [2.24, 2.45) is 11.8 Å². The summed E-state index contributed by atoms with van der Waals surface area (Å²) in [5, 5.41) is 17.6. The maximum atomic E-state index is 10.6. The summed E-state index contributed by atoms with van der Waals surface area (Å²) in [6.07, 6.45) is 6.88. The van der Waals surface area contributed by atoms with Gasteiger partial charge in [-0.3, -0.25) is 4.79 Å². The number of aliphatic hydroxyl groups is 1. The number of hydrogen-bond donors (Lipinski definition) is 2. The van der Waals surface area contributed by atoms with Crippen LogP contribution < -0.4 is 0 Å². The summed E-state index contributed by atoms with van der Waals surface area (Å²) < 4.78 is 0. The molecule has 0 aliphatic heterocycles. The van der Waals surface area contributed by atoms with E-state index in [4.69, 9.17) is 10.2 Å². The van der Waals surface area contributed by atoms with Gasteiger partial charge in [-0.1, -0.05) is 25.5 Å². The molecule has 0 amide bonds. The molecule has 3 nitrogen and oxygen atoms in total. The summed E-state index contributed by atoms with van der Waals surface area (Å²) >= 11 is 0. The Hall–Kier alpha value is -0.830. The first kappa shape index (κ1) is 16.2. The normalized spacial score (nSPS) is 15.6. The van der Waals surface area contributed by atoms with Crippen LogP contribution in [0.2, 0.25) is 0 Å². The number of aliphatic hydroxyl groups excluding tert-OH is 1. The lowest BCUT2D eigenvalue weighted by atomic mass is 10.00. The van der Waals surface area contributed by atoms with Crippen molar-refractivity contribution >= 4 is 5.97 Å². The number of carboxylic acid groups (broad SMARTS) is 1. The predicted molar refractivity (Wildman–Crippen MR) is 69.9 cm³/mol. The highest BCUT2D eigenvalue weighted by Gasteiger charge is 2.09. The summed E-state index contributed by atoms with van der Waals surface area (Å²) in [4.78, 5) is 10.6. The largest absolute Gasteiger partial charge is 0.481 e. The van der Waals surface area contributed by atoms with Crippen molar-refractivity contribution in [2.75, 3.05) is 6.61 Å². The van der Waals surface area contributed by atoms with Gasteiger partial charge in [0.25, 0.3) is 0 Å². The highest BCUT2D eigenvalue weighted by Crippen LogP contribution is 2.14. The standard InChI is InChI=1S/C14H26O3/c1-11(6-4-8-12(2)10-15)7-5-9-13(3)14(16)17/h6,12-13,15H,4-5,7-10H2,1-3H3,(H,16,17)/b11-6+. The first-order valence-electron chi connectivity index (χ1n) is 6.46. The van der Waals surface area contributed by atoms with Gasteiger partial charge in [-0.2, -0.15) is 0 Å². The van der Waals surface area contributed by atoms with Crippen LogP contribution in [0.3, 0.4) is 0 Å². The number of aliphatic carboxylic acids is 1. The van der Waals surface area contributed by atoms with Crippen LogP contribution in [0.15, 0.2) is 11.6 Å². The molecule has 2 atom stereocenters. The molecule has 17 heavy (non-hydrogen) atoms. The minimum atomic E-state index is -0.705. The average Bonchev–Trinajstić information content (AvgIpc) is 2.28. The number of rotatable bonds is 9. The smallest absolute Gasteiger partial charge is 0.306 e. The Morgan fingerprint density at radius 1 is 1.29 bits per heavy atom. The topological polar surface area (TPSA) is 57.5 Å². The Morgan fingerprint density at radius 3 is 2.47 bits per heavy atom. The molecule has 2 N–H and O–H groups in total. The molecule has 100 valence electrons. The van der Waals surface area contributed by atoms with E-state index < -0.39 is 5.97 Å². The third-order valence-corrected chi connectivity index (χ3v) is 3.09. The summed E-state index contributed by atoms with van der Waals surface area (Å²) in [6, 6.07) is 0. The Kier molecular flexibility index (Phi) is 8.78. The van der Waals surface area contributed by atoms with Crippen molar-refractivity contribution < 1.29 is 15.0 Å². The monoisotopic (exact) mass is 242 g/mol. The summed E-state index contributed by atoms with van der Waals surface area (Å²) in [5.41, 5.74) is 1.33. The molecule has 0 radical (unpaired) electrons. The number of hydrogen-bond acceptors (Lipinski definition) is 2. The van der Waals surface area contributed by atoms with Crippen molar-refractivity contribution in [1.29, 1.82) is 0 Å². The molecule has 0 aromatic carbocycles. The minimum Gasteiger partial charge on any atom is -0.481 e. The Labute approximate surface area is 105 Å². The molecule has 0 aromatic rings. The molecular weight excluding hydrogens is 216 g/mol. The van der Waals surface area contributed by atoms with Gasteiger partial charge in [0.2, 0.25) is 0 Å². The van der Waals surface area contributed by atoms with Crippen LogP contribution in [-0.4, -0.2) is 22.8 Å². The van der Waals surface area contributed by atoms with Crippen LogP contribution in [-0.2, 0) is 4.79 Å². The SMILES string of the molecule is C/C(=C\CCC(C)CO)CCCC(C)C(=O)O. The lowest BCUT2D eigenvalue weighted by molar-refractivity contribution is -0.141. The third-order valence-electron chi connectivity index (χ3n) is 3.09. The minimum absolute atomic E-state index is 0.239. The maximum absolute atomic E-state index is 10.6. The van der Waals surface area contributed by atoms with E-state index in [1.54, 1.807) is 6.92 Å². The first-order chi connectivity index (χ1) is 7.97. The zero-order chi connectivity index (χ0) is 13.3. The molecule has 0 bridgehead atoms. The van der Waals surface area contributed by atoms with E-state index in [1.807, 2.05) is 6.92 Å². The first-order valence-corrected chi connectivity index (χ1v) is 6.46. The second-order valence-corrected chi connectivity index (χ2v) is 5.05. The molecule has 0 saturated heterocycles. The molecule has 2 unspecified atom stereocenters. The van der Waals surface area contributed by atoms with Gasteiger partial charge in [0.1, 0.15) is 0 Å². The van der Waals surface area contributed by atoms with Crippen molar-refractivity contribution in [1.82, 2.24) is 0 Å². The molecule has 0 rings (SSSR count). The van der Waals surface area contributed by atoms with E-state index in [1.165, 1.54) is 5.57 Å². The van der Waals surface area contributed by atoms with E-state index in [0.29, 0.717) is 5.92 Å². The van der Waals surface area contributed by atoms with Crippen molar-refractivity contribution in [2.45, 2.75) is 52.9 Å². The van der Waals surface area contributed by atoms with E-state index in [9.17, 15) is 4.79 Å². The van der Waals surface area contributed by atoms with Crippen molar-refractivity contribution in [3.05, 3.63) is 11.6 Å². The fourth-order valence-electron chi connectivity index (χ4n) is 1.62. The van der Waals surface area contributed by atoms with Crippen molar-refractivity contribution in [3.63, 3.8) is 0 Å². The lowest BCUT2D eigenvalue weighted by Gasteiger charge is -2.07. The van der Waals surface area contributed by atoms with Gasteiger partial charge in [0.05, 0.1) is 5.92 Å². The van der Waals surface area contributed by atoms with Crippen LogP contribution >= 0.6 is 0 Å². The lowest BCUT2D eigenvalue weighted by Crippen LogP contribution is -2.08. The molecule has 0 spiro atoms. The zero-order valence-corrected chi connectivity index (χ0v) is 11.3. The second kappa shape index (κ2) is 9.23. The Bertz CT molecular complexity index is 246. The average molecular weight is 242 g/mol. The van der Waals surface area contributed by atoms with E-state index in [2.05, 4.69) is 13.0 Å². The van der Waals surface area contributed by atoms with Crippen LogP contribution in [0.4, 0.5) is 0 Å². The number of allylic oxidation sites excluding steroid dienone is 2. The summed E-state index contributed by atoms with van der Waals surface area (Å²) in [7, 11) is 0. The van der Waals surface area contributed by atoms with Gasteiger partial charge in [0.15, 0.2) is 0 Å². The fraction of sp³-hybridized carbons (Fsp3) is 0.786. The molecule has 0 heterocycles. The second-order valence-electron chi connectivity index (χ2n) is 5.05. The van der Waals surface area contributed by atoms with Crippen LogP contribution in [0.1, 0.15) is 52.9 Å². The summed E-state index contributed by atoms with van der Waals surface area (Å²) in [6.45, 7) is 6.14. The quantitative estimate of drug-likeness (QED) is 0.610. The van der Waals surface area contributed by atoms with Crippen LogP contribution in [0.25, 0.3) is 0 Å². The van der Waals surface area contributed by atoms with E-state index in [0.717, 1.165) is 32.1 Å². The van der Waals surface area contributed by atoms with Crippen LogP contribution in [0.5, 0.6) is 0 Å². The van der Waals surface area contributed by atoms with Gasteiger partial charge in [-0.05, 0) is 44.9 Å². The molecule has 0 fully saturated rings. The van der Waals surface area contributed by atoms with Crippen LogP contribution in [0, 0.1) is 11.8 Å². The Balaban J connectivity index is 3.67. The van der Waals surface area contributed by atoms with Gasteiger partial charge in [-0.25, -0.2) is 0 Å². The van der Waals surface area contributed by atoms with Crippen molar-refractivity contribution in [3.8, 4) is 0 Å².